The van der Waals surface area contributed by atoms with Crippen LogP contribution < -0.4 is 5.73 Å². The Morgan fingerprint density at radius 3 is 2.56 bits per heavy atom. The van der Waals surface area contributed by atoms with Crippen LogP contribution in [0.4, 0.5) is 0 Å². The van der Waals surface area contributed by atoms with E-state index in [1.807, 2.05) is 0 Å². The van der Waals surface area contributed by atoms with E-state index in [2.05, 4.69) is 44.7 Å². The molecule has 3 heteroatoms. The van der Waals surface area contributed by atoms with Crippen molar-refractivity contribution in [1.82, 2.24) is 9.80 Å². The van der Waals surface area contributed by atoms with Gasteiger partial charge in [0.05, 0.1) is 0 Å². The summed E-state index contributed by atoms with van der Waals surface area (Å²) in [7, 11) is 4.39. The molecule has 2 N–H and O–H groups in total. The molecule has 1 heterocycles. The van der Waals surface area contributed by atoms with Crippen molar-refractivity contribution in [3.05, 3.63) is 0 Å². The quantitative estimate of drug-likeness (QED) is 0.789. The number of piperidine rings is 1. The Bertz CT molecular complexity index is 240. The molecular weight excluding hydrogens is 222 g/mol. The van der Waals surface area contributed by atoms with Crippen molar-refractivity contribution < 1.29 is 0 Å². The zero-order valence-corrected chi connectivity index (χ0v) is 13.1. The minimum absolute atomic E-state index is 0.193. The first-order valence-corrected chi connectivity index (χ1v) is 7.50. The number of hydrogen-bond donors (Lipinski definition) is 1. The molecule has 0 amide bonds. The van der Waals surface area contributed by atoms with Crippen LogP contribution in [0, 0.1) is 5.92 Å². The van der Waals surface area contributed by atoms with E-state index in [0.29, 0.717) is 6.04 Å². The summed E-state index contributed by atoms with van der Waals surface area (Å²) in [4.78, 5) is 5.01. The molecule has 0 aliphatic carbocycles. The van der Waals surface area contributed by atoms with Gasteiger partial charge in [-0.25, -0.2) is 0 Å². The number of hydrogen-bond acceptors (Lipinski definition) is 3. The number of rotatable bonds is 6. The summed E-state index contributed by atoms with van der Waals surface area (Å²) in [5.74, 6) is 0.769. The second-order valence-corrected chi connectivity index (χ2v) is 6.84. The molecule has 1 aliphatic rings. The molecule has 0 saturated carbocycles. The number of nitrogens with zero attached hydrogens (tertiary/aromatic N) is 2. The maximum absolute atomic E-state index is 6.09. The fraction of sp³-hybridized carbons (Fsp3) is 1.00. The van der Waals surface area contributed by atoms with Crippen LogP contribution in [0.3, 0.4) is 0 Å². The van der Waals surface area contributed by atoms with Crippen LogP contribution >= 0.6 is 0 Å². The number of likely N-dealkylation sites (N-methyl/N-ethyl adjacent to an activating group) is 1. The molecular formula is C15H33N3. The van der Waals surface area contributed by atoms with Gasteiger partial charge in [0.1, 0.15) is 0 Å². The zero-order chi connectivity index (χ0) is 13.8. The highest BCUT2D eigenvalue weighted by Gasteiger charge is 2.34. The Kier molecular flexibility index (Phi) is 6.09. The van der Waals surface area contributed by atoms with Gasteiger partial charge < -0.3 is 10.6 Å². The second kappa shape index (κ2) is 6.88. The van der Waals surface area contributed by atoms with Crippen LogP contribution in [-0.4, -0.2) is 55.1 Å². The second-order valence-electron chi connectivity index (χ2n) is 6.84. The van der Waals surface area contributed by atoms with Gasteiger partial charge in [0, 0.05) is 24.7 Å². The summed E-state index contributed by atoms with van der Waals surface area (Å²) in [6.45, 7) is 10.1. The third-order valence-electron chi connectivity index (χ3n) is 4.59. The van der Waals surface area contributed by atoms with Crippen molar-refractivity contribution in [2.75, 3.05) is 33.7 Å². The van der Waals surface area contributed by atoms with Gasteiger partial charge >= 0.3 is 0 Å². The summed E-state index contributed by atoms with van der Waals surface area (Å²) < 4.78 is 0. The predicted octanol–water partition coefficient (Wildman–Crippen LogP) is 2.17. The highest BCUT2D eigenvalue weighted by Crippen LogP contribution is 2.27. The Labute approximate surface area is 114 Å². The smallest absolute Gasteiger partial charge is 0.0304 e. The summed E-state index contributed by atoms with van der Waals surface area (Å²) >= 11 is 0. The highest BCUT2D eigenvalue weighted by atomic mass is 15.3. The Morgan fingerprint density at radius 1 is 1.39 bits per heavy atom. The van der Waals surface area contributed by atoms with Gasteiger partial charge in [0.2, 0.25) is 0 Å². The molecule has 3 nitrogen and oxygen atoms in total. The van der Waals surface area contributed by atoms with Crippen LogP contribution in [0.25, 0.3) is 0 Å². The Hall–Kier alpha value is -0.120. The molecule has 1 saturated heterocycles. The van der Waals surface area contributed by atoms with E-state index in [1.165, 1.54) is 38.8 Å². The lowest BCUT2D eigenvalue weighted by Gasteiger charge is -2.47. The molecule has 18 heavy (non-hydrogen) atoms. The molecule has 0 bridgehead atoms. The molecule has 0 spiro atoms. The highest BCUT2D eigenvalue weighted by molar-refractivity contribution is 4.92. The van der Waals surface area contributed by atoms with Gasteiger partial charge in [0.15, 0.2) is 0 Å². The van der Waals surface area contributed by atoms with Crippen molar-refractivity contribution in [3.8, 4) is 0 Å². The van der Waals surface area contributed by atoms with Gasteiger partial charge in [-0.05, 0) is 59.2 Å². The first-order chi connectivity index (χ1) is 8.39. The van der Waals surface area contributed by atoms with Gasteiger partial charge in [-0.3, -0.25) is 4.90 Å². The van der Waals surface area contributed by atoms with Crippen molar-refractivity contribution in [3.63, 3.8) is 0 Å². The minimum atomic E-state index is 0.193. The largest absolute Gasteiger partial charge is 0.329 e. The van der Waals surface area contributed by atoms with Crippen molar-refractivity contribution in [2.24, 2.45) is 11.7 Å². The van der Waals surface area contributed by atoms with Gasteiger partial charge in [0.25, 0.3) is 0 Å². The third kappa shape index (κ3) is 4.22. The summed E-state index contributed by atoms with van der Waals surface area (Å²) in [6, 6.07) is 0.698. The van der Waals surface area contributed by atoms with E-state index in [0.717, 1.165) is 12.5 Å². The van der Waals surface area contributed by atoms with Gasteiger partial charge in [-0.1, -0.05) is 13.8 Å². The Morgan fingerprint density at radius 2 is 2.06 bits per heavy atom. The average Bonchev–Trinajstić information content (AvgIpc) is 2.36. The molecule has 108 valence electrons. The fourth-order valence-electron chi connectivity index (χ4n) is 2.86. The molecule has 0 aromatic heterocycles. The van der Waals surface area contributed by atoms with E-state index in [-0.39, 0.29) is 5.54 Å². The number of nitrogens with two attached hydrogens (primary N) is 1. The summed E-state index contributed by atoms with van der Waals surface area (Å²) in [5.41, 5.74) is 6.28. The van der Waals surface area contributed by atoms with Crippen molar-refractivity contribution in [1.29, 1.82) is 0 Å². The van der Waals surface area contributed by atoms with E-state index < -0.39 is 0 Å². The topological polar surface area (TPSA) is 32.5 Å². The van der Waals surface area contributed by atoms with E-state index >= 15 is 0 Å². The van der Waals surface area contributed by atoms with Crippen LogP contribution in [0.1, 0.15) is 46.5 Å². The molecule has 0 radical (unpaired) electrons. The average molecular weight is 255 g/mol. The molecule has 2 atom stereocenters. The Balaban J connectivity index is 2.62. The van der Waals surface area contributed by atoms with Crippen LogP contribution in [0.15, 0.2) is 0 Å². The maximum atomic E-state index is 6.09. The van der Waals surface area contributed by atoms with Crippen LogP contribution in [-0.2, 0) is 0 Å². The van der Waals surface area contributed by atoms with Crippen LogP contribution in [0.2, 0.25) is 0 Å². The van der Waals surface area contributed by atoms with Gasteiger partial charge in [-0.15, -0.1) is 0 Å². The molecule has 0 aromatic rings. The lowest BCUT2D eigenvalue weighted by Crippen LogP contribution is -2.58. The van der Waals surface area contributed by atoms with Crippen molar-refractivity contribution >= 4 is 0 Å². The van der Waals surface area contributed by atoms with E-state index in [9.17, 15) is 0 Å². The first-order valence-electron chi connectivity index (χ1n) is 7.50. The monoisotopic (exact) mass is 255 g/mol. The minimum Gasteiger partial charge on any atom is -0.329 e. The standard InChI is InChI=1S/C15H33N3/c1-13(2)8-9-15(3,12-16)18-10-6-7-14(11-18)17(4)5/h13-14H,6-12,16H2,1-5H3. The SMILES string of the molecule is CC(C)CCC(C)(CN)N1CCCC(N(C)C)C1. The molecule has 0 aromatic carbocycles. The lowest BCUT2D eigenvalue weighted by atomic mass is 9.87. The fourth-order valence-corrected chi connectivity index (χ4v) is 2.86. The number of likely N-dealkylation sites (tertiary alicyclic amines) is 1. The molecule has 2 unspecified atom stereocenters. The summed E-state index contributed by atoms with van der Waals surface area (Å²) in [5, 5.41) is 0. The predicted molar refractivity (Wildman–Crippen MR) is 79.8 cm³/mol. The normalized spacial score (nSPS) is 25.7. The van der Waals surface area contributed by atoms with E-state index in [1.54, 1.807) is 0 Å². The third-order valence-corrected chi connectivity index (χ3v) is 4.59. The lowest BCUT2D eigenvalue weighted by molar-refractivity contribution is 0.0373. The molecule has 1 fully saturated rings. The molecule has 1 aliphatic heterocycles. The summed E-state index contributed by atoms with van der Waals surface area (Å²) in [6.07, 6.45) is 5.13. The maximum Gasteiger partial charge on any atom is 0.0304 e. The molecule has 1 rings (SSSR count). The van der Waals surface area contributed by atoms with Crippen molar-refractivity contribution in [2.45, 2.75) is 58.0 Å². The van der Waals surface area contributed by atoms with E-state index in [4.69, 9.17) is 5.73 Å². The van der Waals surface area contributed by atoms with Crippen LogP contribution in [0.5, 0.6) is 0 Å². The first kappa shape index (κ1) is 15.9. The zero-order valence-electron chi connectivity index (χ0n) is 13.1. The van der Waals surface area contributed by atoms with Gasteiger partial charge in [-0.2, -0.15) is 0 Å².